The second-order valence-corrected chi connectivity index (χ2v) is 7.26. The molecule has 2 amide bonds. The molecule has 0 aliphatic heterocycles. The number of hydrogen-bond donors (Lipinski definition) is 1. The minimum Gasteiger partial charge on any atom is -0.455 e. The molecule has 3 rings (SSSR count). The van der Waals surface area contributed by atoms with Gasteiger partial charge in [-0.05, 0) is 29.8 Å². The lowest BCUT2D eigenvalue weighted by Crippen LogP contribution is -2.40. The van der Waals surface area contributed by atoms with Crippen molar-refractivity contribution in [3.63, 3.8) is 0 Å². The smallest absolute Gasteiger partial charge is 0.242 e. The van der Waals surface area contributed by atoms with Crippen molar-refractivity contribution in [2.75, 3.05) is 25.0 Å². The number of hydrogen-bond acceptors (Lipinski definition) is 4. The van der Waals surface area contributed by atoms with Crippen LogP contribution in [0.15, 0.2) is 84.9 Å². The highest BCUT2D eigenvalue weighted by atomic mass is 16.5. The Morgan fingerprint density at radius 1 is 0.871 bits per heavy atom. The number of primary amides is 1. The summed E-state index contributed by atoms with van der Waals surface area (Å²) in [6.45, 7) is 0.836. The normalized spacial score (nSPS) is 10.4. The van der Waals surface area contributed by atoms with Gasteiger partial charge in [-0.1, -0.05) is 60.7 Å². The van der Waals surface area contributed by atoms with Gasteiger partial charge in [0, 0.05) is 26.6 Å². The molecule has 0 saturated carbocycles. The van der Waals surface area contributed by atoms with Crippen LogP contribution in [0.3, 0.4) is 0 Å². The van der Waals surface area contributed by atoms with Crippen LogP contribution in [-0.4, -0.2) is 36.9 Å². The first-order valence-corrected chi connectivity index (χ1v) is 10.2. The van der Waals surface area contributed by atoms with E-state index in [0.29, 0.717) is 12.3 Å². The third-order valence-electron chi connectivity index (χ3n) is 4.82. The maximum Gasteiger partial charge on any atom is 0.242 e. The quantitative estimate of drug-likeness (QED) is 0.544. The second-order valence-electron chi connectivity index (χ2n) is 7.26. The summed E-state index contributed by atoms with van der Waals surface area (Å²) in [5, 5.41) is 0. The average Bonchev–Trinajstić information content (AvgIpc) is 2.78. The Labute approximate surface area is 182 Å². The van der Waals surface area contributed by atoms with Gasteiger partial charge in [-0.25, -0.2) is 0 Å². The van der Waals surface area contributed by atoms with E-state index in [1.807, 2.05) is 96.9 Å². The van der Waals surface area contributed by atoms with E-state index < -0.39 is 5.91 Å². The molecule has 0 aromatic heterocycles. The summed E-state index contributed by atoms with van der Waals surface area (Å²) in [5.74, 6) is 0.862. The van der Waals surface area contributed by atoms with Gasteiger partial charge in [0.05, 0.1) is 12.2 Å². The average molecular weight is 418 g/mol. The Morgan fingerprint density at radius 2 is 1.48 bits per heavy atom. The topological polar surface area (TPSA) is 75.9 Å². The van der Waals surface area contributed by atoms with Crippen molar-refractivity contribution in [1.29, 1.82) is 0 Å². The highest BCUT2D eigenvalue weighted by Gasteiger charge is 2.19. The van der Waals surface area contributed by atoms with Gasteiger partial charge in [-0.15, -0.1) is 0 Å². The minimum atomic E-state index is -0.430. The number of anilines is 1. The molecule has 0 spiro atoms. The summed E-state index contributed by atoms with van der Waals surface area (Å²) in [6, 6.07) is 26.8. The van der Waals surface area contributed by atoms with Crippen LogP contribution in [-0.2, 0) is 16.1 Å². The Hall–Kier alpha value is -3.80. The van der Waals surface area contributed by atoms with Crippen molar-refractivity contribution in [2.24, 2.45) is 5.73 Å². The summed E-state index contributed by atoms with van der Waals surface area (Å²) < 4.78 is 6.02. The predicted molar refractivity (Wildman–Crippen MR) is 122 cm³/mol. The van der Waals surface area contributed by atoms with E-state index in [1.165, 1.54) is 0 Å². The van der Waals surface area contributed by atoms with Crippen LogP contribution in [0.4, 0.5) is 5.69 Å². The van der Waals surface area contributed by atoms with E-state index in [-0.39, 0.29) is 25.4 Å². The number of carbonyl (C=O) groups is 2. The van der Waals surface area contributed by atoms with Crippen LogP contribution in [0.25, 0.3) is 0 Å². The molecule has 0 aliphatic carbocycles. The summed E-state index contributed by atoms with van der Waals surface area (Å²) in [7, 11) is 1.85. The third kappa shape index (κ3) is 6.60. The number of ether oxygens (including phenoxy) is 1. The molecule has 0 aliphatic rings. The Morgan fingerprint density at radius 3 is 2.16 bits per heavy atom. The van der Waals surface area contributed by atoms with Crippen molar-refractivity contribution >= 4 is 17.5 Å². The Bertz CT molecular complexity index is 993. The van der Waals surface area contributed by atoms with Crippen molar-refractivity contribution in [2.45, 2.75) is 13.0 Å². The molecule has 160 valence electrons. The number of amides is 2. The number of carbonyl (C=O) groups excluding carboxylic acids is 2. The Balaban J connectivity index is 1.73. The lowest BCUT2D eigenvalue weighted by atomic mass is 10.2. The van der Waals surface area contributed by atoms with E-state index >= 15 is 0 Å². The lowest BCUT2D eigenvalue weighted by Gasteiger charge is -2.27. The van der Waals surface area contributed by atoms with Crippen LogP contribution >= 0.6 is 0 Å². The first-order valence-electron chi connectivity index (χ1n) is 10.2. The van der Waals surface area contributed by atoms with Gasteiger partial charge >= 0.3 is 0 Å². The largest absolute Gasteiger partial charge is 0.455 e. The van der Waals surface area contributed by atoms with E-state index in [2.05, 4.69) is 0 Å². The minimum absolute atomic E-state index is 0.0953. The number of nitrogens with zero attached hydrogens (tertiary/aromatic N) is 2. The second kappa shape index (κ2) is 10.8. The fourth-order valence-corrected chi connectivity index (χ4v) is 3.20. The number of benzene rings is 3. The number of likely N-dealkylation sites (N-methyl/N-ethyl adjacent to an activating group) is 1. The van der Waals surface area contributed by atoms with E-state index in [1.54, 1.807) is 4.90 Å². The summed E-state index contributed by atoms with van der Waals surface area (Å²) >= 11 is 0. The molecule has 0 radical (unpaired) electrons. The molecule has 3 aromatic rings. The molecule has 0 saturated heterocycles. The van der Waals surface area contributed by atoms with E-state index in [0.717, 1.165) is 17.0 Å². The monoisotopic (exact) mass is 417 g/mol. The van der Waals surface area contributed by atoms with Gasteiger partial charge in [0.25, 0.3) is 0 Å². The standard InChI is InChI=1S/C25H27N3O3/c1-27(22-14-8-9-15-23(22)31-21-12-6-3-7-13-21)19-25(30)28(17-16-24(26)29)18-20-10-4-2-5-11-20/h2-15H,16-19H2,1H3,(H2,26,29). The van der Waals surface area contributed by atoms with E-state index in [4.69, 9.17) is 10.5 Å². The fraction of sp³-hybridized carbons (Fsp3) is 0.200. The predicted octanol–water partition coefficient (Wildman–Crippen LogP) is 3.82. The first kappa shape index (κ1) is 21.9. The maximum atomic E-state index is 13.1. The lowest BCUT2D eigenvalue weighted by molar-refractivity contribution is -0.130. The van der Waals surface area contributed by atoms with Gasteiger partial charge in [0.1, 0.15) is 5.75 Å². The third-order valence-corrected chi connectivity index (χ3v) is 4.82. The maximum absolute atomic E-state index is 13.1. The molecule has 2 N–H and O–H groups in total. The molecule has 31 heavy (non-hydrogen) atoms. The SMILES string of the molecule is CN(CC(=O)N(CCC(N)=O)Cc1ccccc1)c1ccccc1Oc1ccccc1. The van der Waals surface area contributed by atoms with Gasteiger partial charge in [0.2, 0.25) is 11.8 Å². The highest BCUT2D eigenvalue weighted by molar-refractivity contribution is 5.83. The van der Waals surface area contributed by atoms with E-state index in [9.17, 15) is 9.59 Å². The van der Waals surface area contributed by atoms with Gasteiger partial charge in [-0.3, -0.25) is 9.59 Å². The van der Waals surface area contributed by atoms with Crippen molar-refractivity contribution in [3.8, 4) is 11.5 Å². The molecule has 0 heterocycles. The van der Waals surface area contributed by atoms with Crippen LogP contribution in [0.1, 0.15) is 12.0 Å². The van der Waals surface area contributed by atoms with Gasteiger partial charge in [-0.2, -0.15) is 0 Å². The molecule has 6 heteroatoms. The molecule has 0 fully saturated rings. The van der Waals surface area contributed by atoms with Crippen LogP contribution in [0, 0.1) is 0 Å². The molecule has 0 atom stereocenters. The molecule has 0 bridgehead atoms. The van der Waals surface area contributed by atoms with Crippen molar-refractivity contribution in [3.05, 3.63) is 90.5 Å². The zero-order valence-corrected chi connectivity index (χ0v) is 17.6. The first-order chi connectivity index (χ1) is 15.0. The van der Waals surface area contributed by atoms with Gasteiger partial charge in [0.15, 0.2) is 5.75 Å². The Kier molecular flexibility index (Phi) is 7.65. The van der Waals surface area contributed by atoms with Crippen LogP contribution < -0.4 is 15.4 Å². The van der Waals surface area contributed by atoms with Crippen LogP contribution in [0.5, 0.6) is 11.5 Å². The molecular formula is C25H27N3O3. The molecule has 3 aromatic carbocycles. The highest BCUT2D eigenvalue weighted by Crippen LogP contribution is 2.31. The summed E-state index contributed by atoms with van der Waals surface area (Å²) in [4.78, 5) is 27.9. The molecular weight excluding hydrogens is 390 g/mol. The summed E-state index contributed by atoms with van der Waals surface area (Å²) in [6.07, 6.45) is 0.121. The number of rotatable bonds is 10. The van der Waals surface area contributed by atoms with Crippen molar-refractivity contribution in [1.82, 2.24) is 4.90 Å². The van der Waals surface area contributed by atoms with Crippen molar-refractivity contribution < 1.29 is 14.3 Å². The summed E-state index contributed by atoms with van der Waals surface area (Å²) in [5.41, 5.74) is 7.11. The number of nitrogens with two attached hydrogens (primary N) is 1. The zero-order valence-electron chi connectivity index (χ0n) is 17.6. The number of para-hydroxylation sites is 3. The molecule has 0 unspecified atom stereocenters. The zero-order chi connectivity index (χ0) is 22.1. The van der Waals surface area contributed by atoms with Crippen LogP contribution in [0.2, 0.25) is 0 Å². The molecule has 6 nitrogen and oxygen atoms in total. The van der Waals surface area contributed by atoms with Gasteiger partial charge < -0.3 is 20.3 Å². The fourth-order valence-electron chi connectivity index (χ4n) is 3.20.